The number of ether oxygens (including phenoxy) is 2. The molecule has 126 valence electrons. The van der Waals surface area contributed by atoms with Gasteiger partial charge in [-0.25, -0.2) is 4.79 Å². The Bertz CT molecular complexity index is 554. The maximum atomic E-state index is 12.2. The molecule has 7 heteroatoms. The standard InChI is InChI=1S/C16H23N3O4/c1-17(2)16(21)19-10-8-18(9-11-19)15(20)12-23-14-7-5-4-6-13(14)22-3/h4-7H,8-12H2,1-3H3. The number of methoxy groups -OCH3 is 1. The van der Waals surface area contributed by atoms with Gasteiger partial charge in [0.05, 0.1) is 7.11 Å². The SMILES string of the molecule is COc1ccccc1OCC(=O)N1CCN(C(=O)N(C)C)CC1. The van der Waals surface area contributed by atoms with Gasteiger partial charge >= 0.3 is 6.03 Å². The van der Waals surface area contributed by atoms with Gasteiger partial charge in [-0.2, -0.15) is 0 Å². The van der Waals surface area contributed by atoms with Crippen molar-refractivity contribution in [3.8, 4) is 11.5 Å². The zero-order valence-electron chi connectivity index (χ0n) is 13.8. The number of hydrogen-bond donors (Lipinski definition) is 0. The largest absolute Gasteiger partial charge is 0.493 e. The first-order valence-electron chi connectivity index (χ1n) is 7.52. The average Bonchev–Trinajstić information content (AvgIpc) is 2.59. The predicted octanol–water partition coefficient (Wildman–Crippen LogP) is 0.900. The molecule has 1 aromatic rings. The van der Waals surface area contributed by atoms with Gasteiger partial charge in [-0.3, -0.25) is 4.79 Å². The summed E-state index contributed by atoms with van der Waals surface area (Å²) in [5.41, 5.74) is 0. The molecule has 0 aromatic heterocycles. The van der Waals surface area contributed by atoms with Crippen LogP contribution in [0.1, 0.15) is 0 Å². The number of para-hydroxylation sites is 2. The molecule has 7 nitrogen and oxygen atoms in total. The van der Waals surface area contributed by atoms with E-state index in [4.69, 9.17) is 9.47 Å². The van der Waals surface area contributed by atoms with Gasteiger partial charge in [-0.15, -0.1) is 0 Å². The normalized spacial score (nSPS) is 14.4. The van der Waals surface area contributed by atoms with E-state index in [0.717, 1.165) is 0 Å². The number of urea groups is 1. The summed E-state index contributed by atoms with van der Waals surface area (Å²) >= 11 is 0. The zero-order valence-corrected chi connectivity index (χ0v) is 13.8. The fraction of sp³-hybridized carbons (Fsp3) is 0.500. The third kappa shape index (κ3) is 4.28. The monoisotopic (exact) mass is 321 g/mol. The van der Waals surface area contributed by atoms with Crippen LogP contribution in [0.5, 0.6) is 11.5 Å². The summed E-state index contributed by atoms with van der Waals surface area (Å²) in [4.78, 5) is 29.1. The highest BCUT2D eigenvalue weighted by molar-refractivity contribution is 5.79. The molecule has 0 N–H and O–H groups in total. The van der Waals surface area contributed by atoms with Gasteiger partial charge in [0.25, 0.3) is 5.91 Å². The number of carbonyl (C=O) groups excluding carboxylic acids is 2. The number of carbonyl (C=O) groups is 2. The lowest BCUT2D eigenvalue weighted by Gasteiger charge is -2.35. The summed E-state index contributed by atoms with van der Waals surface area (Å²) in [6.07, 6.45) is 0. The summed E-state index contributed by atoms with van der Waals surface area (Å²) in [5, 5.41) is 0. The van der Waals surface area contributed by atoms with Crippen molar-refractivity contribution in [3.05, 3.63) is 24.3 Å². The Morgan fingerprint density at radius 2 is 1.61 bits per heavy atom. The number of amides is 3. The lowest BCUT2D eigenvalue weighted by atomic mass is 10.3. The van der Waals surface area contributed by atoms with E-state index in [-0.39, 0.29) is 18.5 Å². The van der Waals surface area contributed by atoms with E-state index in [2.05, 4.69) is 0 Å². The van der Waals surface area contributed by atoms with Gasteiger partial charge in [0, 0.05) is 40.3 Å². The lowest BCUT2D eigenvalue weighted by Crippen LogP contribution is -2.53. The third-order valence-corrected chi connectivity index (χ3v) is 3.71. The van der Waals surface area contributed by atoms with Crippen LogP contribution in [-0.2, 0) is 4.79 Å². The molecular formula is C16H23N3O4. The van der Waals surface area contributed by atoms with Crippen molar-refractivity contribution < 1.29 is 19.1 Å². The second-order valence-corrected chi connectivity index (χ2v) is 5.48. The van der Waals surface area contributed by atoms with Crippen molar-refractivity contribution in [1.29, 1.82) is 0 Å². The molecule has 1 aliphatic heterocycles. The average molecular weight is 321 g/mol. The lowest BCUT2D eigenvalue weighted by molar-refractivity contribution is -0.134. The molecule has 2 rings (SSSR count). The van der Waals surface area contributed by atoms with Crippen LogP contribution < -0.4 is 9.47 Å². The fourth-order valence-corrected chi connectivity index (χ4v) is 2.40. The minimum absolute atomic E-state index is 0.0256. The quantitative estimate of drug-likeness (QED) is 0.827. The summed E-state index contributed by atoms with van der Waals surface area (Å²) < 4.78 is 10.7. The van der Waals surface area contributed by atoms with E-state index in [1.54, 1.807) is 48.0 Å². The van der Waals surface area contributed by atoms with Gasteiger partial charge in [-0.05, 0) is 12.1 Å². The Balaban J connectivity index is 1.82. The highest BCUT2D eigenvalue weighted by Gasteiger charge is 2.25. The van der Waals surface area contributed by atoms with Crippen molar-refractivity contribution in [3.63, 3.8) is 0 Å². The minimum atomic E-state index is -0.0899. The molecule has 0 unspecified atom stereocenters. The fourth-order valence-electron chi connectivity index (χ4n) is 2.40. The molecule has 0 aliphatic carbocycles. The number of nitrogens with zero attached hydrogens (tertiary/aromatic N) is 3. The molecule has 0 saturated carbocycles. The molecule has 1 saturated heterocycles. The molecule has 3 amide bonds. The topological polar surface area (TPSA) is 62.3 Å². The van der Waals surface area contributed by atoms with Crippen LogP contribution in [0.2, 0.25) is 0 Å². The van der Waals surface area contributed by atoms with E-state index in [9.17, 15) is 9.59 Å². The van der Waals surface area contributed by atoms with Crippen molar-refractivity contribution in [1.82, 2.24) is 14.7 Å². The van der Waals surface area contributed by atoms with E-state index in [1.807, 2.05) is 12.1 Å². The molecule has 23 heavy (non-hydrogen) atoms. The molecule has 0 atom stereocenters. The van der Waals surface area contributed by atoms with E-state index in [1.165, 1.54) is 0 Å². The smallest absolute Gasteiger partial charge is 0.319 e. The van der Waals surface area contributed by atoms with E-state index in [0.29, 0.717) is 37.7 Å². The third-order valence-electron chi connectivity index (χ3n) is 3.71. The molecule has 0 bridgehead atoms. The molecule has 0 radical (unpaired) electrons. The van der Waals surface area contributed by atoms with Crippen molar-refractivity contribution in [2.75, 3.05) is 54.0 Å². The van der Waals surface area contributed by atoms with Gasteiger partial charge < -0.3 is 24.2 Å². The Labute approximate surface area is 136 Å². The first kappa shape index (κ1) is 16.9. The molecule has 1 aliphatic rings. The van der Waals surface area contributed by atoms with Gasteiger partial charge in [-0.1, -0.05) is 12.1 Å². The van der Waals surface area contributed by atoms with Crippen LogP contribution in [-0.4, -0.2) is 80.6 Å². The minimum Gasteiger partial charge on any atom is -0.493 e. The first-order valence-corrected chi connectivity index (χ1v) is 7.52. The maximum absolute atomic E-state index is 12.2. The van der Waals surface area contributed by atoms with Gasteiger partial charge in [0.2, 0.25) is 0 Å². The molecule has 0 spiro atoms. The first-order chi connectivity index (χ1) is 11.0. The number of piperazine rings is 1. The summed E-state index contributed by atoms with van der Waals surface area (Å²) in [7, 11) is 5.01. The highest BCUT2D eigenvalue weighted by atomic mass is 16.5. The molecular weight excluding hydrogens is 298 g/mol. The predicted molar refractivity (Wildman–Crippen MR) is 85.7 cm³/mol. The Morgan fingerprint density at radius 3 is 2.17 bits per heavy atom. The van der Waals surface area contributed by atoms with Crippen LogP contribution in [0, 0.1) is 0 Å². The van der Waals surface area contributed by atoms with Gasteiger partial charge in [0.15, 0.2) is 18.1 Å². The van der Waals surface area contributed by atoms with Crippen LogP contribution in [0.3, 0.4) is 0 Å². The summed E-state index contributed by atoms with van der Waals surface area (Å²) in [6, 6.07) is 7.19. The van der Waals surface area contributed by atoms with Crippen LogP contribution >= 0.6 is 0 Å². The van der Waals surface area contributed by atoms with Crippen LogP contribution in [0.15, 0.2) is 24.3 Å². The molecule has 1 fully saturated rings. The van der Waals surface area contributed by atoms with Crippen LogP contribution in [0.4, 0.5) is 4.79 Å². The van der Waals surface area contributed by atoms with Crippen molar-refractivity contribution >= 4 is 11.9 Å². The maximum Gasteiger partial charge on any atom is 0.319 e. The summed E-state index contributed by atoms with van der Waals surface area (Å²) in [5.74, 6) is 1.05. The van der Waals surface area contributed by atoms with Crippen LogP contribution in [0.25, 0.3) is 0 Å². The molecule has 1 heterocycles. The van der Waals surface area contributed by atoms with Gasteiger partial charge in [0.1, 0.15) is 0 Å². The highest BCUT2D eigenvalue weighted by Crippen LogP contribution is 2.25. The Hall–Kier alpha value is -2.44. The second-order valence-electron chi connectivity index (χ2n) is 5.48. The number of rotatable bonds is 4. The zero-order chi connectivity index (χ0) is 16.8. The summed E-state index contributed by atoms with van der Waals surface area (Å²) in [6.45, 7) is 2.08. The van der Waals surface area contributed by atoms with Crippen molar-refractivity contribution in [2.24, 2.45) is 0 Å². The van der Waals surface area contributed by atoms with Crippen molar-refractivity contribution in [2.45, 2.75) is 0 Å². The Morgan fingerprint density at radius 1 is 1.04 bits per heavy atom. The Kier molecular flexibility index (Phi) is 5.67. The number of benzene rings is 1. The number of hydrogen-bond acceptors (Lipinski definition) is 4. The molecule has 1 aromatic carbocycles. The van der Waals surface area contributed by atoms with E-state index >= 15 is 0 Å². The second kappa shape index (κ2) is 7.71. The van der Waals surface area contributed by atoms with E-state index < -0.39 is 0 Å².